The van der Waals surface area contributed by atoms with Crippen LogP contribution < -0.4 is 0 Å². The van der Waals surface area contributed by atoms with Crippen molar-refractivity contribution in [1.82, 2.24) is 28.9 Å². The average Bonchev–Trinajstić information content (AvgIpc) is 3.67. The fourth-order valence-electron chi connectivity index (χ4n) is 6.16. The van der Waals surface area contributed by atoms with Gasteiger partial charge in [-0.3, -0.25) is 8.97 Å². The Morgan fingerprint density at radius 3 is 1.48 bits per heavy atom. The molecule has 9 rings (SSSR count). The maximum Gasteiger partial charge on any atom is 0.220 e. The zero-order chi connectivity index (χ0) is 30.5. The number of para-hydroxylation sites is 3. The first-order valence-electron chi connectivity index (χ1n) is 15.2. The van der Waals surface area contributed by atoms with Gasteiger partial charge in [0.1, 0.15) is 0 Å². The van der Waals surface area contributed by atoms with Gasteiger partial charge in [-0.15, -0.1) is 0 Å². The Morgan fingerprint density at radius 2 is 0.848 bits per heavy atom. The Kier molecular flexibility index (Phi) is 6.03. The molecule has 216 valence electrons. The van der Waals surface area contributed by atoms with Crippen molar-refractivity contribution in [3.8, 4) is 51.0 Å². The molecule has 3 heterocycles. The fourth-order valence-corrected chi connectivity index (χ4v) is 6.16. The number of rotatable bonds is 5. The van der Waals surface area contributed by atoms with Gasteiger partial charge in [-0.2, -0.15) is 0 Å². The van der Waals surface area contributed by atoms with Crippen molar-refractivity contribution in [3.05, 3.63) is 158 Å². The molecular formula is C40H26N6. The highest BCUT2D eigenvalue weighted by Crippen LogP contribution is 2.33. The average molecular weight is 591 g/mol. The van der Waals surface area contributed by atoms with Crippen molar-refractivity contribution >= 4 is 27.8 Å². The lowest BCUT2D eigenvalue weighted by molar-refractivity contribution is 1.07. The van der Waals surface area contributed by atoms with Crippen LogP contribution in [-0.4, -0.2) is 28.9 Å². The van der Waals surface area contributed by atoms with Crippen LogP contribution in [0.15, 0.2) is 158 Å². The lowest BCUT2D eigenvalue weighted by Crippen LogP contribution is -2.00. The summed E-state index contributed by atoms with van der Waals surface area (Å²) in [6, 6.07) is 53.9. The second kappa shape index (κ2) is 10.6. The van der Waals surface area contributed by atoms with Crippen LogP contribution in [0.1, 0.15) is 0 Å². The van der Waals surface area contributed by atoms with Gasteiger partial charge in [0.15, 0.2) is 17.5 Å². The van der Waals surface area contributed by atoms with Crippen molar-refractivity contribution in [1.29, 1.82) is 0 Å². The largest absolute Gasteiger partial charge is 0.278 e. The van der Waals surface area contributed by atoms with Crippen LogP contribution >= 0.6 is 0 Å². The normalized spacial score (nSPS) is 11.5. The lowest BCUT2D eigenvalue weighted by atomic mass is 10.0. The Morgan fingerprint density at radius 1 is 0.348 bits per heavy atom. The summed E-state index contributed by atoms with van der Waals surface area (Å²) in [6.45, 7) is 0. The predicted molar refractivity (Wildman–Crippen MR) is 185 cm³/mol. The van der Waals surface area contributed by atoms with E-state index in [2.05, 4.69) is 93.9 Å². The minimum absolute atomic E-state index is 0.640. The lowest BCUT2D eigenvalue weighted by Gasteiger charge is -2.09. The molecule has 0 aliphatic carbocycles. The Labute approximate surface area is 264 Å². The highest BCUT2D eigenvalue weighted by molar-refractivity contribution is 5.94. The van der Waals surface area contributed by atoms with Gasteiger partial charge in [0.2, 0.25) is 5.78 Å². The molecule has 0 bridgehead atoms. The van der Waals surface area contributed by atoms with E-state index in [1.165, 1.54) is 0 Å². The Balaban J connectivity index is 1.16. The van der Waals surface area contributed by atoms with Crippen molar-refractivity contribution < 1.29 is 0 Å². The molecule has 6 aromatic carbocycles. The number of hydrogen-bond donors (Lipinski definition) is 0. The van der Waals surface area contributed by atoms with Crippen molar-refractivity contribution in [3.63, 3.8) is 0 Å². The number of aromatic nitrogens is 6. The van der Waals surface area contributed by atoms with Gasteiger partial charge in [0, 0.05) is 22.4 Å². The minimum Gasteiger partial charge on any atom is -0.278 e. The van der Waals surface area contributed by atoms with E-state index in [4.69, 9.17) is 19.9 Å². The highest BCUT2D eigenvalue weighted by atomic mass is 15.2. The van der Waals surface area contributed by atoms with Crippen LogP contribution in [0.2, 0.25) is 0 Å². The predicted octanol–water partition coefficient (Wildman–Crippen LogP) is 9.28. The molecule has 0 spiro atoms. The van der Waals surface area contributed by atoms with Crippen molar-refractivity contribution in [2.24, 2.45) is 0 Å². The van der Waals surface area contributed by atoms with Gasteiger partial charge >= 0.3 is 0 Å². The van der Waals surface area contributed by atoms with E-state index in [9.17, 15) is 0 Å². The molecule has 0 fully saturated rings. The van der Waals surface area contributed by atoms with E-state index in [1.807, 2.05) is 72.8 Å². The van der Waals surface area contributed by atoms with Gasteiger partial charge in [-0.1, -0.05) is 121 Å². The maximum absolute atomic E-state index is 5.04. The molecule has 9 aromatic rings. The molecule has 0 aliphatic rings. The fraction of sp³-hybridized carbons (Fsp3) is 0. The summed E-state index contributed by atoms with van der Waals surface area (Å²) in [5.41, 5.74) is 10.4. The summed E-state index contributed by atoms with van der Waals surface area (Å²) in [7, 11) is 0. The number of nitrogens with zero attached hydrogens (tertiary/aromatic N) is 6. The zero-order valence-corrected chi connectivity index (χ0v) is 24.7. The van der Waals surface area contributed by atoms with Crippen LogP contribution in [0.25, 0.3) is 78.8 Å². The molecule has 6 nitrogen and oxygen atoms in total. The van der Waals surface area contributed by atoms with Gasteiger partial charge < -0.3 is 0 Å². The molecule has 6 heteroatoms. The van der Waals surface area contributed by atoms with Crippen molar-refractivity contribution in [2.45, 2.75) is 0 Å². The highest BCUT2D eigenvalue weighted by Gasteiger charge is 2.18. The maximum atomic E-state index is 5.04. The molecule has 0 N–H and O–H groups in total. The van der Waals surface area contributed by atoms with Crippen LogP contribution in [0.5, 0.6) is 0 Å². The van der Waals surface area contributed by atoms with Crippen LogP contribution in [0, 0.1) is 0 Å². The Hall–Kier alpha value is -6.40. The first-order valence-corrected chi connectivity index (χ1v) is 15.2. The molecule has 0 unspecified atom stereocenters. The van der Waals surface area contributed by atoms with Crippen LogP contribution in [0.4, 0.5) is 0 Å². The van der Waals surface area contributed by atoms with Crippen LogP contribution in [0.3, 0.4) is 0 Å². The number of hydrogen-bond acceptors (Lipinski definition) is 4. The van der Waals surface area contributed by atoms with E-state index in [-0.39, 0.29) is 0 Å². The number of imidazole rings is 2. The monoisotopic (exact) mass is 590 g/mol. The molecule has 0 saturated heterocycles. The summed E-state index contributed by atoms with van der Waals surface area (Å²) in [5.74, 6) is 2.84. The molecule has 0 atom stereocenters. The third kappa shape index (κ3) is 4.35. The summed E-state index contributed by atoms with van der Waals surface area (Å²) < 4.78 is 4.49. The van der Waals surface area contributed by atoms with Crippen LogP contribution in [-0.2, 0) is 0 Å². The third-order valence-electron chi connectivity index (χ3n) is 8.39. The van der Waals surface area contributed by atoms with E-state index in [0.717, 1.165) is 61.3 Å². The van der Waals surface area contributed by atoms with E-state index in [1.54, 1.807) is 0 Å². The SMILES string of the molecule is c1ccc(-c2nc(-c3ccccc3)nc(-c3ccc(-c4ccc5c(c4)n4c6ccccc6nc4n5-c4ccccc4)cc3)n2)cc1. The van der Waals surface area contributed by atoms with Crippen molar-refractivity contribution in [2.75, 3.05) is 0 Å². The standard InChI is InChI=1S/C40H26N6/c1-4-12-28(13-5-1)37-42-38(29-14-6-2-7-15-29)44-39(43-37)30-22-20-27(21-23-30)31-24-25-35-36(26-31)46-34-19-11-10-18-33(34)41-40(46)45(35)32-16-8-3-9-17-32/h1-26H. The number of benzene rings is 6. The summed E-state index contributed by atoms with van der Waals surface area (Å²) in [6.07, 6.45) is 0. The van der Waals surface area contributed by atoms with E-state index in [0.29, 0.717) is 17.5 Å². The first-order chi connectivity index (χ1) is 22.8. The smallest absolute Gasteiger partial charge is 0.220 e. The quantitative estimate of drug-likeness (QED) is 0.200. The second-order valence-corrected chi connectivity index (χ2v) is 11.2. The first kappa shape index (κ1) is 26.0. The van der Waals surface area contributed by atoms with E-state index < -0.39 is 0 Å². The zero-order valence-electron chi connectivity index (χ0n) is 24.7. The summed E-state index contributed by atoms with van der Waals surface area (Å²) in [5, 5.41) is 0. The van der Waals surface area contributed by atoms with E-state index >= 15 is 0 Å². The number of fused-ring (bicyclic) bond motifs is 5. The van der Waals surface area contributed by atoms with Gasteiger partial charge in [0.05, 0.1) is 22.1 Å². The van der Waals surface area contributed by atoms with Gasteiger partial charge in [0.25, 0.3) is 0 Å². The summed E-state index contributed by atoms with van der Waals surface area (Å²) in [4.78, 5) is 19.7. The summed E-state index contributed by atoms with van der Waals surface area (Å²) >= 11 is 0. The molecule has 0 amide bonds. The molecule has 0 aliphatic heterocycles. The molecule has 3 aromatic heterocycles. The molecule has 46 heavy (non-hydrogen) atoms. The topological polar surface area (TPSA) is 60.9 Å². The van der Waals surface area contributed by atoms with Gasteiger partial charge in [-0.05, 0) is 47.5 Å². The Bertz CT molecular complexity index is 2440. The molecule has 0 radical (unpaired) electrons. The third-order valence-corrected chi connectivity index (χ3v) is 8.39. The molecule has 0 saturated carbocycles. The molecular weight excluding hydrogens is 564 g/mol. The minimum atomic E-state index is 0.640. The second-order valence-electron chi connectivity index (χ2n) is 11.2. The van der Waals surface area contributed by atoms with Gasteiger partial charge in [-0.25, -0.2) is 19.9 Å².